The highest BCUT2D eigenvalue weighted by atomic mass is 16.7. The lowest BCUT2D eigenvalue weighted by atomic mass is 9.67. The van der Waals surface area contributed by atoms with Gasteiger partial charge in [0.2, 0.25) is 6.29 Å². The van der Waals surface area contributed by atoms with Gasteiger partial charge in [0, 0.05) is 19.1 Å². The van der Waals surface area contributed by atoms with Crippen LogP contribution in [0.25, 0.3) is 0 Å². The van der Waals surface area contributed by atoms with E-state index >= 15 is 0 Å². The lowest BCUT2D eigenvalue weighted by Crippen LogP contribution is -2.43. The maximum atomic E-state index is 6.34. The molecule has 3 heteroatoms. The van der Waals surface area contributed by atoms with Gasteiger partial charge >= 0.3 is 0 Å². The summed E-state index contributed by atoms with van der Waals surface area (Å²) in [5, 5.41) is 0. The minimum Gasteiger partial charge on any atom is -0.465 e. The van der Waals surface area contributed by atoms with Gasteiger partial charge in [0.15, 0.2) is 0 Å². The van der Waals surface area contributed by atoms with Gasteiger partial charge in [0.05, 0.1) is 0 Å². The lowest BCUT2D eigenvalue weighted by molar-refractivity contribution is -0.0520. The molecule has 0 fully saturated rings. The lowest BCUT2D eigenvalue weighted by Gasteiger charge is -2.39. The van der Waals surface area contributed by atoms with Gasteiger partial charge in [-0.05, 0) is 54.9 Å². The molecule has 2 aromatic carbocycles. The maximum absolute atomic E-state index is 6.34. The molecule has 0 aromatic heterocycles. The topological polar surface area (TPSA) is 44.5 Å². The molecule has 2 atom stereocenters. The zero-order chi connectivity index (χ0) is 20.1. The van der Waals surface area contributed by atoms with Gasteiger partial charge in [-0.2, -0.15) is 0 Å². The van der Waals surface area contributed by atoms with Crippen molar-refractivity contribution in [2.24, 2.45) is 11.7 Å². The molecule has 0 amide bonds. The summed E-state index contributed by atoms with van der Waals surface area (Å²) in [7, 11) is 1.68. The molecule has 0 saturated carbocycles. The van der Waals surface area contributed by atoms with E-state index in [1.807, 2.05) is 30.3 Å². The Morgan fingerprint density at radius 2 is 1.52 bits per heavy atom. The number of ether oxygens (including phenoxy) is 2. The molecule has 0 saturated heterocycles. The summed E-state index contributed by atoms with van der Waals surface area (Å²) in [5.41, 5.74) is 8.63. The highest BCUT2D eigenvalue weighted by molar-refractivity contribution is 5.33. The second-order valence-corrected chi connectivity index (χ2v) is 8.73. The molecule has 0 aliphatic carbocycles. The monoisotopic (exact) mass is 369 g/mol. The normalized spacial score (nSPS) is 15.4. The highest BCUT2D eigenvalue weighted by Crippen LogP contribution is 2.39. The van der Waals surface area contributed by atoms with Crippen LogP contribution in [-0.2, 0) is 16.6 Å². The zero-order valence-electron chi connectivity index (χ0n) is 17.7. The third kappa shape index (κ3) is 6.08. The predicted octanol–water partition coefficient (Wildman–Crippen LogP) is 5.32. The maximum Gasteiger partial charge on any atom is 0.203 e. The molecule has 0 heterocycles. The Hall–Kier alpha value is -1.84. The molecule has 2 rings (SSSR count). The molecule has 2 aromatic rings. The number of hydrogen-bond donors (Lipinski definition) is 1. The van der Waals surface area contributed by atoms with E-state index in [1.54, 1.807) is 7.11 Å². The first-order valence-electron chi connectivity index (χ1n) is 9.77. The third-order valence-corrected chi connectivity index (χ3v) is 5.39. The minimum atomic E-state index is -0.308. The van der Waals surface area contributed by atoms with Crippen molar-refractivity contribution in [3.05, 3.63) is 65.7 Å². The van der Waals surface area contributed by atoms with Crippen LogP contribution in [0.15, 0.2) is 54.6 Å². The molecule has 0 aliphatic rings. The largest absolute Gasteiger partial charge is 0.465 e. The van der Waals surface area contributed by atoms with Crippen molar-refractivity contribution in [3.63, 3.8) is 0 Å². The summed E-state index contributed by atoms with van der Waals surface area (Å²) in [5.74, 6) is 1.30. The van der Waals surface area contributed by atoms with Crippen LogP contribution in [0.3, 0.4) is 0 Å². The molecule has 0 spiro atoms. The average molecular weight is 370 g/mol. The van der Waals surface area contributed by atoms with E-state index in [-0.39, 0.29) is 17.2 Å². The van der Waals surface area contributed by atoms with Gasteiger partial charge in [0.25, 0.3) is 0 Å². The van der Waals surface area contributed by atoms with Crippen molar-refractivity contribution in [2.45, 2.75) is 64.7 Å². The summed E-state index contributed by atoms with van der Waals surface area (Å²) in [6.45, 7) is 11.0. The van der Waals surface area contributed by atoms with Gasteiger partial charge in [-0.25, -0.2) is 0 Å². The SMILES string of the molecule is COC(Cc1ccccc1)Oc1ccc(C(C)(CC(C)(C)N)C(C)C)cc1. The molecular weight excluding hydrogens is 334 g/mol. The Kier molecular flexibility index (Phi) is 7.07. The van der Waals surface area contributed by atoms with E-state index in [0.717, 1.165) is 12.2 Å². The molecule has 2 N–H and O–H groups in total. The van der Waals surface area contributed by atoms with Crippen LogP contribution >= 0.6 is 0 Å². The first-order chi connectivity index (χ1) is 12.6. The molecule has 0 bridgehead atoms. The van der Waals surface area contributed by atoms with Crippen LogP contribution in [0.4, 0.5) is 0 Å². The standard InChI is InChI=1S/C24H35NO2/c1-18(2)24(5,17-23(3,4)25)20-12-14-21(15-13-20)27-22(26-6)16-19-10-8-7-9-11-19/h7-15,18,22H,16-17,25H2,1-6H3. The quantitative estimate of drug-likeness (QED) is 0.608. The van der Waals surface area contributed by atoms with E-state index in [2.05, 4.69) is 58.9 Å². The molecule has 3 nitrogen and oxygen atoms in total. The Bertz CT molecular complexity index is 689. The number of benzene rings is 2. The van der Waals surface area contributed by atoms with Crippen molar-refractivity contribution in [1.29, 1.82) is 0 Å². The second-order valence-electron chi connectivity index (χ2n) is 8.73. The van der Waals surface area contributed by atoms with Gasteiger partial charge in [-0.3, -0.25) is 0 Å². The Balaban J connectivity index is 2.13. The minimum absolute atomic E-state index is 0.0154. The second kappa shape index (κ2) is 8.90. The van der Waals surface area contributed by atoms with Crippen LogP contribution in [0.2, 0.25) is 0 Å². The molecule has 148 valence electrons. The first kappa shape index (κ1) is 21.5. The number of methoxy groups -OCH3 is 1. The van der Waals surface area contributed by atoms with Crippen molar-refractivity contribution in [2.75, 3.05) is 7.11 Å². The number of nitrogens with two attached hydrogens (primary N) is 1. The summed E-state index contributed by atoms with van der Waals surface area (Å²) in [6.07, 6.45) is 1.33. The Labute approximate surface area is 164 Å². The highest BCUT2D eigenvalue weighted by Gasteiger charge is 2.35. The molecular formula is C24H35NO2. The molecule has 0 radical (unpaired) electrons. The number of rotatable bonds is 9. The van der Waals surface area contributed by atoms with E-state index < -0.39 is 0 Å². The average Bonchev–Trinajstić information content (AvgIpc) is 2.61. The van der Waals surface area contributed by atoms with Crippen molar-refractivity contribution in [1.82, 2.24) is 0 Å². The van der Waals surface area contributed by atoms with Gasteiger partial charge in [-0.15, -0.1) is 0 Å². The van der Waals surface area contributed by atoms with Crippen LogP contribution < -0.4 is 10.5 Å². The summed E-state index contributed by atoms with van der Waals surface area (Å²) in [6, 6.07) is 18.6. The molecule has 2 unspecified atom stereocenters. The smallest absolute Gasteiger partial charge is 0.203 e. The Morgan fingerprint density at radius 3 is 2.00 bits per heavy atom. The summed E-state index contributed by atoms with van der Waals surface area (Å²) in [4.78, 5) is 0. The van der Waals surface area contributed by atoms with Gasteiger partial charge in [-0.1, -0.05) is 63.2 Å². The first-order valence-corrected chi connectivity index (χ1v) is 9.77. The summed E-state index contributed by atoms with van der Waals surface area (Å²) >= 11 is 0. The van der Waals surface area contributed by atoms with Crippen LogP contribution in [-0.4, -0.2) is 18.9 Å². The fourth-order valence-electron chi connectivity index (χ4n) is 3.63. The molecule has 27 heavy (non-hydrogen) atoms. The molecule has 0 aliphatic heterocycles. The van der Waals surface area contributed by atoms with Crippen LogP contribution in [0.5, 0.6) is 5.75 Å². The summed E-state index contributed by atoms with van der Waals surface area (Å²) < 4.78 is 11.6. The number of hydrogen-bond acceptors (Lipinski definition) is 3. The van der Waals surface area contributed by atoms with Crippen molar-refractivity contribution >= 4 is 0 Å². The van der Waals surface area contributed by atoms with Crippen LogP contribution in [0, 0.1) is 5.92 Å². The van der Waals surface area contributed by atoms with Crippen molar-refractivity contribution in [3.8, 4) is 5.75 Å². The fourth-order valence-corrected chi connectivity index (χ4v) is 3.63. The fraction of sp³-hybridized carbons (Fsp3) is 0.500. The van der Waals surface area contributed by atoms with Crippen LogP contribution in [0.1, 0.15) is 52.2 Å². The van der Waals surface area contributed by atoms with Crippen molar-refractivity contribution < 1.29 is 9.47 Å². The third-order valence-electron chi connectivity index (χ3n) is 5.39. The van der Waals surface area contributed by atoms with E-state index in [0.29, 0.717) is 12.3 Å². The Morgan fingerprint density at radius 1 is 0.926 bits per heavy atom. The van der Waals surface area contributed by atoms with E-state index in [1.165, 1.54) is 11.1 Å². The zero-order valence-corrected chi connectivity index (χ0v) is 17.7. The van der Waals surface area contributed by atoms with Gasteiger partial charge in [0.1, 0.15) is 5.75 Å². The van der Waals surface area contributed by atoms with E-state index in [9.17, 15) is 0 Å². The predicted molar refractivity (Wildman–Crippen MR) is 113 cm³/mol. The van der Waals surface area contributed by atoms with Gasteiger partial charge < -0.3 is 15.2 Å². The van der Waals surface area contributed by atoms with E-state index in [4.69, 9.17) is 15.2 Å².